The molecule has 1 fully saturated rings. The number of nitrogens with zero attached hydrogens (tertiary/aromatic N) is 3. The van der Waals surface area contributed by atoms with Crippen LogP contribution in [-0.2, 0) is 10.0 Å². The largest absolute Gasteiger partial charge is 0.336 e. The third-order valence-electron chi connectivity index (χ3n) is 5.26. The molecule has 29 heavy (non-hydrogen) atoms. The number of rotatable bonds is 4. The maximum Gasteiger partial charge on any atom is 0.257 e. The van der Waals surface area contributed by atoms with Gasteiger partial charge in [-0.05, 0) is 50.6 Å². The average molecular weight is 450 g/mol. The van der Waals surface area contributed by atoms with E-state index in [0.717, 1.165) is 20.3 Å². The number of thiophene rings is 2. The van der Waals surface area contributed by atoms with Gasteiger partial charge in [0, 0.05) is 48.3 Å². The number of amides is 1. The van der Waals surface area contributed by atoms with E-state index < -0.39 is 10.0 Å². The number of aromatic nitrogens is 1. The average Bonchev–Trinajstić information content (AvgIpc) is 3.43. The Labute approximate surface area is 179 Å². The normalized spacial score (nSPS) is 15.8. The van der Waals surface area contributed by atoms with Gasteiger partial charge in [0.2, 0.25) is 0 Å². The van der Waals surface area contributed by atoms with E-state index in [9.17, 15) is 13.2 Å². The lowest BCUT2D eigenvalue weighted by Gasteiger charge is -2.34. The van der Waals surface area contributed by atoms with E-state index in [4.69, 9.17) is 0 Å². The molecule has 4 rings (SSSR count). The Morgan fingerprint density at radius 2 is 1.62 bits per heavy atom. The van der Waals surface area contributed by atoms with Crippen LogP contribution < -0.4 is 0 Å². The van der Waals surface area contributed by atoms with Gasteiger partial charge >= 0.3 is 0 Å². The highest BCUT2D eigenvalue weighted by molar-refractivity contribution is 7.91. The number of carbonyl (C=O) groups excluding carboxylic acids is 1. The van der Waals surface area contributed by atoms with E-state index in [1.807, 2.05) is 55.9 Å². The van der Waals surface area contributed by atoms with Gasteiger partial charge in [0.15, 0.2) is 0 Å². The third kappa shape index (κ3) is 3.68. The molecule has 1 amide bonds. The molecule has 1 aliphatic heterocycles. The van der Waals surface area contributed by atoms with Gasteiger partial charge in [0.25, 0.3) is 15.9 Å². The predicted molar refractivity (Wildman–Crippen MR) is 117 cm³/mol. The maximum absolute atomic E-state index is 13.3. The first-order valence-corrected chi connectivity index (χ1v) is 12.5. The quantitative estimate of drug-likeness (QED) is 0.611. The molecule has 1 saturated heterocycles. The summed E-state index contributed by atoms with van der Waals surface area (Å²) in [5, 5.41) is 0.916. The fourth-order valence-electron chi connectivity index (χ4n) is 3.48. The van der Waals surface area contributed by atoms with E-state index in [0.29, 0.717) is 36.0 Å². The van der Waals surface area contributed by atoms with Gasteiger partial charge in [-0.3, -0.25) is 4.79 Å². The van der Waals surface area contributed by atoms with Crippen molar-refractivity contribution in [1.29, 1.82) is 0 Å². The van der Waals surface area contributed by atoms with Crippen molar-refractivity contribution in [2.75, 3.05) is 26.2 Å². The predicted octanol–water partition coefficient (Wildman–Crippen LogP) is 3.67. The summed E-state index contributed by atoms with van der Waals surface area (Å²) in [6, 6.07) is 7.36. The van der Waals surface area contributed by atoms with Crippen molar-refractivity contribution in [2.24, 2.45) is 0 Å². The summed E-state index contributed by atoms with van der Waals surface area (Å²) >= 11 is 2.89. The minimum Gasteiger partial charge on any atom is -0.336 e. The second-order valence-electron chi connectivity index (χ2n) is 7.12. The van der Waals surface area contributed by atoms with Crippen LogP contribution >= 0.6 is 22.7 Å². The van der Waals surface area contributed by atoms with Gasteiger partial charge in [0.1, 0.15) is 9.21 Å². The Hall–Kier alpha value is -1.94. The molecule has 9 heteroatoms. The Morgan fingerprint density at radius 1 is 0.966 bits per heavy atom. The first-order valence-electron chi connectivity index (χ1n) is 9.38. The number of hydrogen-bond acceptors (Lipinski definition) is 5. The van der Waals surface area contributed by atoms with Crippen LogP contribution in [0.25, 0.3) is 5.00 Å². The highest BCUT2D eigenvalue weighted by Crippen LogP contribution is 2.32. The second-order valence-corrected chi connectivity index (χ2v) is 11.8. The zero-order valence-corrected chi connectivity index (χ0v) is 19.0. The lowest BCUT2D eigenvalue weighted by molar-refractivity contribution is 0.0698. The molecular weight excluding hydrogens is 426 g/mol. The first-order chi connectivity index (χ1) is 13.8. The molecule has 0 unspecified atom stereocenters. The summed E-state index contributed by atoms with van der Waals surface area (Å²) in [6.45, 7) is 7.30. The molecule has 0 radical (unpaired) electrons. The van der Waals surface area contributed by atoms with Crippen molar-refractivity contribution < 1.29 is 13.2 Å². The summed E-state index contributed by atoms with van der Waals surface area (Å²) in [4.78, 5) is 17.2. The molecule has 0 N–H and O–H groups in total. The molecule has 1 aliphatic rings. The van der Waals surface area contributed by atoms with Crippen LogP contribution in [0.5, 0.6) is 0 Å². The monoisotopic (exact) mass is 449 g/mol. The summed E-state index contributed by atoms with van der Waals surface area (Å²) in [7, 11) is -3.49. The third-order valence-corrected chi connectivity index (χ3v) is 9.84. The number of piperazine rings is 1. The van der Waals surface area contributed by atoms with E-state index >= 15 is 0 Å². The molecule has 0 saturated carbocycles. The summed E-state index contributed by atoms with van der Waals surface area (Å²) in [5.74, 6) is -0.0282. The van der Waals surface area contributed by atoms with Gasteiger partial charge in [-0.15, -0.1) is 22.7 Å². The fourth-order valence-corrected chi connectivity index (χ4v) is 7.45. The topological polar surface area (TPSA) is 62.6 Å². The Morgan fingerprint density at radius 3 is 2.21 bits per heavy atom. The molecule has 0 atom stereocenters. The van der Waals surface area contributed by atoms with Crippen molar-refractivity contribution in [2.45, 2.75) is 25.0 Å². The molecule has 6 nitrogen and oxygen atoms in total. The number of aryl methyl sites for hydroxylation is 2. The number of sulfonamides is 1. The first kappa shape index (κ1) is 20.3. The molecule has 0 aliphatic carbocycles. The molecule has 0 aromatic carbocycles. The zero-order chi connectivity index (χ0) is 20.8. The van der Waals surface area contributed by atoms with Crippen LogP contribution in [0.2, 0.25) is 0 Å². The van der Waals surface area contributed by atoms with E-state index in [1.165, 1.54) is 15.6 Å². The molecule has 3 aromatic heterocycles. The van der Waals surface area contributed by atoms with Crippen molar-refractivity contribution in [3.05, 3.63) is 57.5 Å². The molecular formula is C20H23N3O3S3. The van der Waals surface area contributed by atoms with Crippen LogP contribution in [0.15, 0.2) is 40.9 Å². The van der Waals surface area contributed by atoms with Gasteiger partial charge < -0.3 is 9.47 Å². The Balaban J connectivity index is 1.53. The zero-order valence-electron chi connectivity index (χ0n) is 16.6. The van der Waals surface area contributed by atoms with Gasteiger partial charge in [-0.1, -0.05) is 0 Å². The van der Waals surface area contributed by atoms with Crippen LogP contribution in [-0.4, -0.2) is 54.3 Å². The van der Waals surface area contributed by atoms with Gasteiger partial charge in [0.05, 0.1) is 5.56 Å². The van der Waals surface area contributed by atoms with Crippen molar-refractivity contribution >= 4 is 38.6 Å². The standard InChI is InChI=1S/C20H23N3O3S3/c1-14-6-7-17(27-14)29(25,26)23-12-10-21(11-13-23)19(24)18-15(2)16(3)28-20(18)22-8-4-5-9-22/h4-9H,10-13H2,1-3H3. The Kier molecular flexibility index (Phi) is 5.41. The smallest absolute Gasteiger partial charge is 0.257 e. The molecule has 0 bridgehead atoms. The highest BCUT2D eigenvalue weighted by Gasteiger charge is 2.33. The summed E-state index contributed by atoms with van der Waals surface area (Å²) < 4.78 is 29.5. The van der Waals surface area contributed by atoms with Gasteiger partial charge in [-0.2, -0.15) is 4.31 Å². The molecule has 0 spiro atoms. The van der Waals surface area contributed by atoms with Crippen LogP contribution in [0.3, 0.4) is 0 Å². The van der Waals surface area contributed by atoms with Crippen LogP contribution in [0.1, 0.15) is 25.7 Å². The van der Waals surface area contributed by atoms with E-state index in [2.05, 4.69) is 0 Å². The second kappa shape index (κ2) is 7.71. The van der Waals surface area contributed by atoms with E-state index in [-0.39, 0.29) is 5.91 Å². The van der Waals surface area contributed by atoms with Crippen LogP contribution in [0, 0.1) is 20.8 Å². The Bertz CT molecular complexity index is 1140. The number of carbonyl (C=O) groups is 1. The van der Waals surface area contributed by atoms with Crippen molar-refractivity contribution in [3.8, 4) is 5.00 Å². The highest BCUT2D eigenvalue weighted by atomic mass is 32.2. The van der Waals surface area contributed by atoms with Crippen molar-refractivity contribution in [3.63, 3.8) is 0 Å². The summed E-state index contributed by atoms with van der Waals surface area (Å²) in [5.41, 5.74) is 1.71. The molecule has 3 aromatic rings. The number of hydrogen-bond donors (Lipinski definition) is 0. The lowest BCUT2D eigenvalue weighted by atomic mass is 10.1. The SMILES string of the molecule is Cc1ccc(S(=O)(=O)N2CCN(C(=O)c3c(-n4cccc4)sc(C)c3C)CC2)s1. The molecule has 4 heterocycles. The minimum atomic E-state index is -3.49. The fraction of sp³-hybridized carbons (Fsp3) is 0.350. The lowest BCUT2D eigenvalue weighted by Crippen LogP contribution is -2.50. The van der Waals surface area contributed by atoms with E-state index in [1.54, 1.807) is 22.3 Å². The minimum absolute atomic E-state index is 0.0282. The summed E-state index contributed by atoms with van der Waals surface area (Å²) in [6.07, 6.45) is 3.88. The van der Waals surface area contributed by atoms with Crippen LogP contribution in [0.4, 0.5) is 0 Å². The van der Waals surface area contributed by atoms with Gasteiger partial charge in [-0.25, -0.2) is 8.42 Å². The molecule has 154 valence electrons. The van der Waals surface area contributed by atoms with Crippen molar-refractivity contribution in [1.82, 2.24) is 13.8 Å². The maximum atomic E-state index is 13.3.